The summed E-state index contributed by atoms with van der Waals surface area (Å²) < 4.78 is 13.5. The highest BCUT2D eigenvalue weighted by Gasteiger charge is 2.19. The number of carbonyl (C=O) groups excluding carboxylic acids is 1. The predicted octanol–water partition coefficient (Wildman–Crippen LogP) is 2.41. The van der Waals surface area contributed by atoms with E-state index in [0.29, 0.717) is 17.0 Å². The van der Waals surface area contributed by atoms with Gasteiger partial charge in [0, 0.05) is 5.56 Å². The van der Waals surface area contributed by atoms with Gasteiger partial charge in [0.2, 0.25) is 0 Å². The Morgan fingerprint density at radius 3 is 2.69 bits per heavy atom. The van der Waals surface area contributed by atoms with Gasteiger partial charge in [0.1, 0.15) is 12.1 Å². The summed E-state index contributed by atoms with van der Waals surface area (Å²) in [5.74, 6) is 0.107. The molecule has 0 radical (unpaired) electrons. The number of benzene rings is 1. The molecule has 2 nitrogen and oxygen atoms in total. The number of hydrogen-bond acceptors (Lipinski definition) is 2. The first-order valence-electron chi connectivity index (χ1n) is 5.68. The lowest BCUT2D eigenvalue weighted by Crippen LogP contribution is -2.27. The summed E-state index contributed by atoms with van der Waals surface area (Å²) >= 11 is 0. The Kier molecular flexibility index (Phi) is 3.34. The molecule has 0 atom stereocenters. The average molecular weight is 221 g/mol. The van der Waals surface area contributed by atoms with Crippen molar-refractivity contribution in [3.8, 4) is 0 Å². The molecule has 0 saturated carbocycles. The molecule has 0 spiro atoms. The van der Waals surface area contributed by atoms with Crippen molar-refractivity contribution in [3.63, 3.8) is 0 Å². The number of halogens is 1. The van der Waals surface area contributed by atoms with Crippen LogP contribution in [0.15, 0.2) is 12.1 Å². The number of piperidine rings is 1. The van der Waals surface area contributed by atoms with E-state index in [1.165, 1.54) is 6.07 Å². The van der Waals surface area contributed by atoms with E-state index in [1.54, 1.807) is 13.0 Å². The van der Waals surface area contributed by atoms with Crippen molar-refractivity contribution in [2.24, 2.45) is 0 Å². The number of carbonyl (C=O) groups is 1. The van der Waals surface area contributed by atoms with Crippen molar-refractivity contribution in [2.75, 3.05) is 13.1 Å². The Morgan fingerprint density at radius 2 is 2.06 bits per heavy atom. The quantitative estimate of drug-likeness (QED) is 0.777. The number of aryl methyl sites for hydroxylation is 1. The zero-order chi connectivity index (χ0) is 11.5. The molecule has 1 aromatic rings. The number of hydrogen-bond donors (Lipinski definition) is 1. The van der Waals surface area contributed by atoms with E-state index in [-0.39, 0.29) is 5.82 Å². The summed E-state index contributed by atoms with van der Waals surface area (Å²) in [4.78, 5) is 11.0. The molecule has 1 aromatic carbocycles. The van der Waals surface area contributed by atoms with E-state index in [9.17, 15) is 9.18 Å². The van der Waals surface area contributed by atoms with Crippen molar-refractivity contribution in [3.05, 3.63) is 34.6 Å². The molecule has 1 fully saturated rings. The predicted molar refractivity (Wildman–Crippen MR) is 61.4 cm³/mol. The van der Waals surface area contributed by atoms with Crippen LogP contribution >= 0.6 is 0 Å². The van der Waals surface area contributed by atoms with E-state index in [4.69, 9.17) is 0 Å². The van der Waals surface area contributed by atoms with Crippen LogP contribution in [-0.2, 0) is 0 Å². The van der Waals surface area contributed by atoms with Gasteiger partial charge in [-0.25, -0.2) is 4.39 Å². The van der Waals surface area contributed by atoms with Crippen molar-refractivity contribution in [1.82, 2.24) is 5.32 Å². The lowest BCUT2D eigenvalue weighted by Gasteiger charge is -2.24. The molecule has 1 saturated heterocycles. The fourth-order valence-corrected chi connectivity index (χ4v) is 2.31. The number of nitrogens with one attached hydrogen (secondary N) is 1. The molecule has 0 amide bonds. The van der Waals surface area contributed by atoms with E-state index >= 15 is 0 Å². The first-order valence-corrected chi connectivity index (χ1v) is 5.68. The molecule has 86 valence electrons. The van der Waals surface area contributed by atoms with Gasteiger partial charge in [-0.1, -0.05) is 0 Å². The molecule has 1 aliphatic heterocycles. The maximum Gasteiger partial charge on any atom is 0.150 e. The maximum atomic E-state index is 13.5. The molecule has 0 bridgehead atoms. The Morgan fingerprint density at radius 1 is 1.38 bits per heavy atom. The average Bonchev–Trinajstić information content (AvgIpc) is 2.33. The van der Waals surface area contributed by atoms with E-state index < -0.39 is 0 Å². The molecule has 0 unspecified atom stereocenters. The van der Waals surface area contributed by atoms with Crippen LogP contribution in [0.5, 0.6) is 0 Å². The summed E-state index contributed by atoms with van der Waals surface area (Å²) in [5, 5.41) is 3.27. The monoisotopic (exact) mass is 221 g/mol. The fourth-order valence-electron chi connectivity index (χ4n) is 2.31. The summed E-state index contributed by atoms with van der Waals surface area (Å²) in [6, 6.07) is 3.19. The van der Waals surface area contributed by atoms with Gasteiger partial charge in [0.25, 0.3) is 0 Å². The third kappa shape index (κ3) is 2.14. The third-order valence-corrected chi connectivity index (χ3v) is 3.27. The van der Waals surface area contributed by atoms with Gasteiger partial charge in [0.05, 0.1) is 0 Å². The van der Waals surface area contributed by atoms with E-state index in [2.05, 4.69) is 5.32 Å². The Hall–Kier alpha value is -1.22. The molecule has 1 aliphatic rings. The molecule has 1 heterocycles. The van der Waals surface area contributed by atoms with Crippen molar-refractivity contribution in [2.45, 2.75) is 25.7 Å². The van der Waals surface area contributed by atoms with Crippen LogP contribution in [-0.4, -0.2) is 19.4 Å². The van der Waals surface area contributed by atoms with Crippen molar-refractivity contribution < 1.29 is 9.18 Å². The zero-order valence-corrected chi connectivity index (χ0v) is 9.42. The van der Waals surface area contributed by atoms with Crippen LogP contribution in [0.2, 0.25) is 0 Å². The minimum absolute atomic E-state index is 0.209. The molecule has 1 N–H and O–H groups in total. The minimum atomic E-state index is -0.209. The van der Waals surface area contributed by atoms with Gasteiger partial charge in [-0.05, 0) is 62.0 Å². The third-order valence-electron chi connectivity index (χ3n) is 3.27. The van der Waals surface area contributed by atoms with Gasteiger partial charge in [-0.3, -0.25) is 4.79 Å². The molecule has 3 heteroatoms. The number of aldehydes is 1. The van der Waals surface area contributed by atoms with Crippen LogP contribution in [0.3, 0.4) is 0 Å². The zero-order valence-electron chi connectivity index (χ0n) is 9.42. The van der Waals surface area contributed by atoms with Gasteiger partial charge in [0.15, 0.2) is 0 Å². The van der Waals surface area contributed by atoms with Gasteiger partial charge in [-0.2, -0.15) is 0 Å². The smallest absolute Gasteiger partial charge is 0.150 e. The molecule has 0 aliphatic carbocycles. The van der Waals surface area contributed by atoms with Gasteiger partial charge < -0.3 is 5.32 Å². The van der Waals surface area contributed by atoms with Crippen LogP contribution in [0.1, 0.15) is 40.2 Å². The highest BCUT2D eigenvalue weighted by atomic mass is 19.1. The van der Waals surface area contributed by atoms with Crippen LogP contribution in [0.25, 0.3) is 0 Å². The highest BCUT2D eigenvalue weighted by molar-refractivity contribution is 5.78. The highest BCUT2D eigenvalue weighted by Crippen LogP contribution is 2.29. The molecule has 2 rings (SSSR count). The number of rotatable bonds is 2. The lowest BCUT2D eigenvalue weighted by atomic mass is 9.86. The van der Waals surface area contributed by atoms with Crippen LogP contribution < -0.4 is 5.32 Å². The van der Waals surface area contributed by atoms with E-state index in [1.807, 2.05) is 0 Å². The molecule has 0 aromatic heterocycles. The molecular weight excluding hydrogens is 205 g/mol. The Labute approximate surface area is 94.9 Å². The second kappa shape index (κ2) is 4.74. The van der Waals surface area contributed by atoms with Crippen molar-refractivity contribution >= 4 is 6.29 Å². The SMILES string of the molecule is Cc1cc(C=O)c(C2CCNCC2)cc1F. The fraction of sp³-hybridized carbons (Fsp3) is 0.462. The Balaban J connectivity index is 2.37. The second-order valence-electron chi connectivity index (χ2n) is 4.37. The van der Waals surface area contributed by atoms with Crippen LogP contribution in [0, 0.1) is 12.7 Å². The summed E-state index contributed by atoms with van der Waals surface area (Å²) in [7, 11) is 0. The maximum absolute atomic E-state index is 13.5. The Bertz CT molecular complexity index is 397. The standard InChI is InChI=1S/C13H16FNO/c1-9-6-11(8-16)12(7-13(9)14)10-2-4-15-5-3-10/h6-8,10,15H,2-5H2,1H3. The second-order valence-corrected chi connectivity index (χ2v) is 4.37. The lowest BCUT2D eigenvalue weighted by molar-refractivity contribution is 0.112. The first kappa shape index (κ1) is 11.3. The largest absolute Gasteiger partial charge is 0.317 e. The molecule has 16 heavy (non-hydrogen) atoms. The van der Waals surface area contributed by atoms with E-state index in [0.717, 1.165) is 37.8 Å². The van der Waals surface area contributed by atoms with Gasteiger partial charge in [-0.15, -0.1) is 0 Å². The summed E-state index contributed by atoms with van der Waals surface area (Å²) in [6.07, 6.45) is 2.79. The van der Waals surface area contributed by atoms with Crippen LogP contribution in [0.4, 0.5) is 4.39 Å². The topological polar surface area (TPSA) is 29.1 Å². The summed E-state index contributed by atoms with van der Waals surface area (Å²) in [5.41, 5.74) is 2.06. The van der Waals surface area contributed by atoms with Gasteiger partial charge >= 0.3 is 0 Å². The minimum Gasteiger partial charge on any atom is -0.317 e. The van der Waals surface area contributed by atoms with Crippen molar-refractivity contribution in [1.29, 1.82) is 0 Å². The molecular formula is C13H16FNO. The summed E-state index contributed by atoms with van der Waals surface area (Å²) in [6.45, 7) is 3.57. The normalized spacial score (nSPS) is 17.4. The first-order chi connectivity index (χ1) is 7.72.